The lowest BCUT2D eigenvalue weighted by Crippen LogP contribution is -2.30. The van der Waals surface area contributed by atoms with E-state index in [4.69, 9.17) is 10.00 Å². The molecule has 0 bridgehead atoms. The van der Waals surface area contributed by atoms with Gasteiger partial charge in [0.2, 0.25) is 0 Å². The molecule has 1 unspecified atom stereocenters. The maximum Gasteiger partial charge on any atom is 0.265 e. The van der Waals surface area contributed by atoms with Gasteiger partial charge in [0.05, 0.1) is 11.6 Å². The fourth-order valence-corrected chi connectivity index (χ4v) is 2.15. The first-order chi connectivity index (χ1) is 11.1. The number of amides is 1. The van der Waals surface area contributed by atoms with Crippen LogP contribution in [0.1, 0.15) is 31.4 Å². The molecule has 23 heavy (non-hydrogen) atoms. The van der Waals surface area contributed by atoms with Crippen molar-refractivity contribution in [3.63, 3.8) is 0 Å². The van der Waals surface area contributed by atoms with Crippen molar-refractivity contribution in [1.29, 1.82) is 5.26 Å². The second-order valence-corrected chi connectivity index (χ2v) is 5.33. The molecule has 4 heteroatoms. The number of nitrogens with one attached hydrogen (secondary N) is 1. The van der Waals surface area contributed by atoms with E-state index >= 15 is 0 Å². The number of carbonyl (C=O) groups excluding carboxylic acids is 1. The minimum absolute atomic E-state index is 0.211. The van der Waals surface area contributed by atoms with Crippen molar-refractivity contribution in [2.24, 2.45) is 0 Å². The zero-order chi connectivity index (χ0) is 16.7. The summed E-state index contributed by atoms with van der Waals surface area (Å²) in [6.07, 6.45) is 1.51. The minimum atomic E-state index is -0.627. The number of hydrogen-bond donors (Lipinski definition) is 1. The summed E-state index contributed by atoms with van der Waals surface area (Å²) in [5.74, 6) is 0.350. The van der Waals surface area contributed by atoms with Crippen LogP contribution in [0.4, 0.5) is 5.69 Å². The van der Waals surface area contributed by atoms with Crippen molar-refractivity contribution in [2.75, 3.05) is 5.32 Å². The zero-order valence-electron chi connectivity index (χ0n) is 13.4. The Morgan fingerprint density at radius 1 is 1.17 bits per heavy atom. The van der Waals surface area contributed by atoms with Crippen LogP contribution in [0.15, 0.2) is 48.5 Å². The Morgan fingerprint density at radius 2 is 1.83 bits per heavy atom. The summed E-state index contributed by atoms with van der Waals surface area (Å²) in [6, 6.07) is 16.6. The molecular weight excluding hydrogens is 288 g/mol. The van der Waals surface area contributed by atoms with E-state index in [1.54, 1.807) is 31.2 Å². The highest BCUT2D eigenvalue weighted by molar-refractivity contribution is 5.94. The number of nitrogens with zero attached hydrogens (tertiary/aromatic N) is 1. The summed E-state index contributed by atoms with van der Waals surface area (Å²) in [5, 5.41) is 11.6. The van der Waals surface area contributed by atoms with Crippen molar-refractivity contribution in [3.05, 3.63) is 59.7 Å². The molecule has 0 fully saturated rings. The van der Waals surface area contributed by atoms with Crippen LogP contribution in [-0.2, 0) is 11.2 Å². The lowest BCUT2D eigenvalue weighted by Gasteiger charge is -2.15. The molecule has 2 rings (SSSR count). The molecule has 2 aromatic carbocycles. The summed E-state index contributed by atoms with van der Waals surface area (Å²) in [4.78, 5) is 12.2. The quantitative estimate of drug-likeness (QED) is 0.880. The van der Waals surface area contributed by atoms with E-state index in [2.05, 4.69) is 12.2 Å². The first-order valence-electron chi connectivity index (χ1n) is 7.69. The Bertz CT molecular complexity index is 685. The number of ether oxygens (including phenoxy) is 1. The van der Waals surface area contributed by atoms with Gasteiger partial charge >= 0.3 is 0 Å². The zero-order valence-corrected chi connectivity index (χ0v) is 13.4. The molecule has 1 amide bonds. The molecule has 1 atom stereocenters. The van der Waals surface area contributed by atoms with Crippen LogP contribution in [0.5, 0.6) is 5.75 Å². The molecule has 0 aliphatic heterocycles. The topological polar surface area (TPSA) is 62.1 Å². The Kier molecular flexibility index (Phi) is 5.76. The fraction of sp³-hybridized carbons (Fsp3) is 0.263. The summed E-state index contributed by atoms with van der Waals surface area (Å²) in [5.41, 5.74) is 2.57. The van der Waals surface area contributed by atoms with Crippen LogP contribution in [0, 0.1) is 11.3 Å². The van der Waals surface area contributed by atoms with Crippen molar-refractivity contribution in [1.82, 2.24) is 0 Å². The van der Waals surface area contributed by atoms with Gasteiger partial charge in [0.15, 0.2) is 6.10 Å². The molecule has 0 aliphatic carbocycles. The van der Waals surface area contributed by atoms with E-state index in [1.165, 1.54) is 5.56 Å². The van der Waals surface area contributed by atoms with E-state index in [-0.39, 0.29) is 5.91 Å². The van der Waals surface area contributed by atoms with Gasteiger partial charge in [0.25, 0.3) is 5.91 Å². The van der Waals surface area contributed by atoms with Gasteiger partial charge in [-0.15, -0.1) is 0 Å². The Balaban J connectivity index is 1.92. The number of rotatable bonds is 6. The predicted molar refractivity (Wildman–Crippen MR) is 90.3 cm³/mol. The lowest BCUT2D eigenvalue weighted by atomic mass is 10.1. The van der Waals surface area contributed by atoms with Gasteiger partial charge in [-0.3, -0.25) is 4.79 Å². The van der Waals surface area contributed by atoms with Gasteiger partial charge in [-0.2, -0.15) is 5.26 Å². The molecule has 4 nitrogen and oxygen atoms in total. The van der Waals surface area contributed by atoms with Gasteiger partial charge in [0, 0.05) is 5.69 Å². The maximum atomic E-state index is 12.2. The Labute approximate surface area is 136 Å². The molecule has 118 valence electrons. The molecular formula is C19H20N2O2. The molecule has 0 radical (unpaired) electrons. The highest BCUT2D eigenvalue weighted by Gasteiger charge is 2.14. The van der Waals surface area contributed by atoms with E-state index < -0.39 is 6.10 Å². The average Bonchev–Trinajstić information content (AvgIpc) is 2.57. The van der Waals surface area contributed by atoms with Crippen LogP contribution in [-0.4, -0.2) is 12.0 Å². The van der Waals surface area contributed by atoms with Crippen LogP contribution in [0.3, 0.4) is 0 Å². The normalized spacial score (nSPS) is 11.3. The Hall–Kier alpha value is -2.80. The van der Waals surface area contributed by atoms with E-state index in [0.29, 0.717) is 11.3 Å². The summed E-state index contributed by atoms with van der Waals surface area (Å²) in [7, 11) is 0. The first kappa shape index (κ1) is 16.6. The smallest absolute Gasteiger partial charge is 0.265 e. The second-order valence-electron chi connectivity index (χ2n) is 5.33. The van der Waals surface area contributed by atoms with Gasteiger partial charge in [-0.25, -0.2) is 0 Å². The summed E-state index contributed by atoms with van der Waals surface area (Å²) in [6.45, 7) is 3.83. The number of aryl methyl sites for hydroxylation is 1. The number of nitriles is 1. The Morgan fingerprint density at radius 3 is 2.39 bits per heavy atom. The standard InChI is InChI=1S/C19H20N2O2/c1-3-4-15-5-9-17(10-6-15)21-19(22)14(2)23-18-11-7-16(13-20)8-12-18/h5-12,14H,3-4H2,1-2H3,(H,21,22). The third-order valence-corrected chi connectivity index (χ3v) is 3.43. The number of hydrogen-bond acceptors (Lipinski definition) is 3. The average molecular weight is 308 g/mol. The number of carbonyl (C=O) groups is 1. The molecule has 0 aromatic heterocycles. The molecule has 0 saturated carbocycles. The number of anilines is 1. The van der Waals surface area contributed by atoms with Gasteiger partial charge < -0.3 is 10.1 Å². The first-order valence-corrected chi connectivity index (χ1v) is 7.69. The minimum Gasteiger partial charge on any atom is -0.481 e. The van der Waals surface area contributed by atoms with Crippen LogP contribution < -0.4 is 10.1 Å². The highest BCUT2D eigenvalue weighted by atomic mass is 16.5. The fourth-order valence-electron chi connectivity index (χ4n) is 2.15. The van der Waals surface area contributed by atoms with Crippen molar-refractivity contribution in [2.45, 2.75) is 32.8 Å². The van der Waals surface area contributed by atoms with Gasteiger partial charge in [-0.1, -0.05) is 25.5 Å². The molecule has 0 saturated heterocycles. The van der Waals surface area contributed by atoms with Gasteiger partial charge in [0.1, 0.15) is 5.75 Å². The van der Waals surface area contributed by atoms with Crippen molar-refractivity contribution >= 4 is 11.6 Å². The maximum absolute atomic E-state index is 12.2. The van der Waals surface area contributed by atoms with Crippen LogP contribution in [0.2, 0.25) is 0 Å². The monoisotopic (exact) mass is 308 g/mol. The second kappa shape index (κ2) is 8.00. The number of benzene rings is 2. The SMILES string of the molecule is CCCc1ccc(NC(=O)C(C)Oc2ccc(C#N)cc2)cc1. The van der Waals surface area contributed by atoms with E-state index in [9.17, 15) is 4.79 Å². The molecule has 0 heterocycles. The highest BCUT2D eigenvalue weighted by Crippen LogP contribution is 2.15. The third-order valence-electron chi connectivity index (χ3n) is 3.43. The molecule has 0 spiro atoms. The van der Waals surface area contributed by atoms with Gasteiger partial charge in [-0.05, 0) is 55.3 Å². The predicted octanol–water partition coefficient (Wildman–Crippen LogP) is 3.92. The molecule has 2 aromatic rings. The van der Waals surface area contributed by atoms with Crippen molar-refractivity contribution in [3.8, 4) is 11.8 Å². The van der Waals surface area contributed by atoms with E-state index in [0.717, 1.165) is 18.5 Å². The summed E-state index contributed by atoms with van der Waals surface area (Å²) < 4.78 is 5.59. The third kappa shape index (κ3) is 4.86. The van der Waals surface area contributed by atoms with Crippen LogP contribution >= 0.6 is 0 Å². The largest absolute Gasteiger partial charge is 0.481 e. The van der Waals surface area contributed by atoms with Crippen LogP contribution in [0.25, 0.3) is 0 Å². The molecule has 1 N–H and O–H groups in total. The van der Waals surface area contributed by atoms with E-state index in [1.807, 2.05) is 30.3 Å². The van der Waals surface area contributed by atoms with Crippen molar-refractivity contribution < 1.29 is 9.53 Å². The summed E-state index contributed by atoms with van der Waals surface area (Å²) >= 11 is 0. The lowest BCUT2D eigenvalue weighted by molar-refractivity contribution is -0.122. The molecule has 0 aliphatic rings.